The molecule has 4 heteroatoms. The zero-order valence-electron chi connectivity index (χ0n) is 12.3. The third-order valence-corrected chi connectivity index (χ3v) is 4.01. The number of ether oxygens (including phenoxy) is 1. The molecule has 1 rings (SSSR count). The smallest absolute Gasteiger partial charge is 0.325 e. The van der Waals surface area contributed by atoms with Crippen molar-refractivity contribution < 1.29 is 14.3 Å². The van der Waals surface area contributed by atoms with Crippen molar-refractivity contribution in [2.24, 2.45) is 5.92 Å². The van der Waals surface area contributed by atoms with Gasteiger partial charge in [-0.1, -0.05) is 32.1 Å². The molecule has 1 saturated carbocycles. The lowest BCUT2D eigenvalue weighted by Crippen LogP contribution is -2.35. The fourth-order valence-corrected chi connectivity index (χ4v) is 2.77. The van der Waals surface area contributed by atoms with Gasteiger partial charge in [0.2, 0.25) is 5.91 Å². The van der Waals surface area contributed by atoms with Gasteiger partial charge in [0.15, 0.2) is 0 Å². The molecule has 1 amide bonds. The van der Waals surface area contributed by atoms with Crippen LogP contribution in [0.4, 0.5) is 0 Å². The first-order valence-corrected chi connectivity index (χ1v) is 7.52. The molecular formula is C15H27NO3. The minimum Gasteiger partial charge on any atom is -0.468 e. The van der Waals surface area contributed by atoms with E-state index >= 15 is 0 Å². The monoisotopic (exact) mass is 269 g/mol. The normalized spacial score (nSPS) is 16.1. The second kappa shape index (κ2) is 8.94. The lowest BCUT2D eigenvalue weighted by Gasteiger charge is -2.22. The minimum atomic E-state index is -0.345. The number of carbonyl (C=O) groups is 2. The van der Waals surface area contributed by atoms with Gasteiger partial charge in [-0.15, -0.1) is 0 Å². The van der Waals surface area contributed by atoms with Gasteiger partial charge < -0.3 is 9.64 Å². The highest BCUT2D eigenvalue weighted by Gasteiger charge is 2.17. The molecule has 0 bridgehead atoms. The van der Waals surface area contributed by atoms with Crippen LogP contribution >= 0.6 is 0 Å². The molecule has 1 aliphatic carbocycles. The molecule has 0 aromatic heterocycles. The van der Waals surface area contributed by atoms with Crippen molar-refractivity contribution >= 4 is 11.9 Å². The number of esters is 1. The second-order valence-electron chi connectivity index (χ2n) is 5.38. The summed E-state index contributed by atoms with van der Waals surface area (Å²) < 4.78 is 4.60. The van der Waals surface area contributed by atoms with E-state index in [9.17, 15) is 9.59 Å². The summed E-state index contributed by atoms with van der Waals surface area (Å²) in [5.74, 6) is 0.545. The summed E-state index contributed by atoms with van der Waals surface area (Å²) in [6.45, 7) is 2.54. The van der Waals surface area contributed by atoms with E-state index in [1.807, 2.05) is 6.92 Å². The SMILES string of the molecule is CCN(CC(=O)OC)C(=O)CCCC1CCCCC1. The highest BCUT2D eigenvalue weighted by molar-refractivity contribution is 5.81. The van der Waals surface area contributed by atoms with Gasteiger partial charge in [0.05, 0.1) is 7.11 Å². The predicted octanol–water partition coefficient (Wildman–Crippen LogP) is 2.76. The first-order chi connectivity index (χ1) is 9.17. The zero-order chi connectivity index (χ0) is 14.1. The summed E-state index contributed by atoms with van der Waals surface area (Å²) in [7, 11) is 1.35. The second-order valence-corrected chi connectivity index (χ2v) is 5.38. The maximum atomic E-state index is 12.0. The topological polar surface area (TPSA) is 46.6 Å². The van der Waals surface area contributed by atoms with E-state index in [1.165, 1.54) is 39.2 Å². The number of nitrogens with zero attached hydrogens (tertiary/aromatic N) is 1. The standard InChI is InChI=1S/C15H27NO3/c1-3-16(12-15(18)19-2)14(17)11-7-10-13-8-5-4-6-9-13/h13H,3-12H2,1-2H3. The van der Waals surface area contributed by atoms with Crippen molar-refractivity contribution in [3.63, 3.8) is 0 Å². The Balaban J connectivity index is 2.22. The molecule has 0 heterocycles. The van der Waals surface area contributed by atoms with E-state index in [-0.39, 0.29) is 18.4 Å². The first-order valence-electron chi connectivity index (χ1n) is 7.52. The Labute approximate surface area is 116 Å². The predicted molar refractivity (Wildman–Crippen MR) is 74.7 cm³/mol. The Morgan fingerprint density at radius 2 is 1.89 bits per heavy atom. The van der Waals surface area contributed by atoms with Crippen LogP contribution in [0.15, 0.2) is 0 Å². The zero-order valence-corrected chi connectivity index (χ0v) is 12.3. The summed E-state index contributed by atoms with van der Waals surface area (Å²) in [5.41, 5.74) is 0. The van der Waals surface area contributed by atoms with E-state index in [2.05, 4.69) is 4.74 Å². The fourth-order valence-electron chi connectivity index (χ4n) is 2.77. The molecule has 0 aromatic carbocycles. The molecule has 0 radical (unpaired) electrons. The number of amides is 1. The van der Waals surface area contributed by atoms with Crippen LogP contribution in [0.1, 0.15) is 58.3 Å². The number of methoxy groups -OCH3 is 1. The quantitative estimate of drug-likeness (QED) is 0.668. The van der Waals surface area contributed by atoms with Gasteiger partial charge in [-0.05, 0) is 25.7 Å². The van der Waals surface area contributed by atoms with E-state index in [0.717, 1.165) is 18.8 Å². The van der Waals surface area contributed by atoms with Gasteiger partial charge in [-0.2, -0.15) is 0 Å². The number of likely N-dealkylation sites (N-methyl/N-ethyl adjacent to an activating group) is 1. The van der Waals surface area contributed by atoms with Crippen molar-refractivity contribution in [3.05, 3.63) is 0 Å². The number of rotatable bonds is 7. The molecule has 19 heavy (non-hydrogen) atoms. The molecular weight excluding hydrogens is 242 g/mol. The summed E-state index contributed by atoms with van der Waals surface area (Å²) in [6.07, 6.45) is 9.38. The van der Waals surface area contributed by atoms with Crippen LogP contribution in [-0.4, -0.2) is 37.0 Å². The Hall–Kier alpha value is -1.06. The van der Waals surface area contributed by atoms with E-state index in [4.69, 9.17) is 0 Å². The summed E-state index contributed by atoms with van der Waals surface area (Å²) in [5, 5.41) is 0. The van der Waals surface area contributed by atoms with Crippen molar-refractivity contribution in [1.29, 1.82) is 0 Å². The summed E-state index contributed by atoms with van der Waals surface area (Å²) >= 11 is 0. The fraction of sp³-hybridized carbons (Fsp3) is 0.867. The molecule has 0 saturated heterocycles. The van der Waals surface area contributed by atoms with Crippen molar-refractivity contribution in [1.82, 2.24) is 4.90 Å². The molecule has 0 atom stereocenters. The number of hydrogen-bond acceptors (Lipinski definition) is 3. The largest absolute Gasteiger partial charge is 0.468 e. The Kier molecular flexibility index (Phi) is 7.53. The van der Waals surface area contributed by atoms with Gasteiger partial charge in [-0.3, -0.25) is 9.59 Å². The van der Waals surface area contributed by atoms with E-state index in [1.54, 1.807) is 4.90 Å². The Morgan fingerprint density at radius 3 is 2.47 bits per heavy atom. The van der Waals surface area contributed by atoms with Crippen molar-refractivity contribution in [3.8, 4) is 0 Å². The van der Waals surface area contributed by atoms with Crippen LogP contribution < -0.4 is 0 Å². The van der Waals surface area contributed by atoms with Crippen LogP contribution in [0, 0.1) is 5.92 Å². The maximum absolute atomic E-state index is 12.0. The van der Waals surface area contributed by atoms with Crippen LogP contribution in [0.3, 0.4) is 0 Å². The summed E-state index contributed by atoms with van der Waals surface area (Å²) in [4.78, 5) is 24.8. The molecule has 0 spiro atoms. The molecule has 0 N–H and O–H groups in total. The van der Waals surface area contributed by atoms with E-state index < -0.39 is 0 Å². The van der Waals surface area contributed by atoms with Gasteiger partial charge in [0, 0.05) is 13.0 Å². The third kappa shape index (κ3) is 6.08. The number of carbonyl (C=O) groups excluding carboxylic acids is 2. The van der Waals surface area contributed by atoms with Crippen LogP contribution in [0.5, 0.6) is 0 Å². The molecule has 0 aromatic rings. The summed E-state index contributed by atoms with van der Waals surface area (Å²) in [6, 6.07) is 0. The third-order valence-electron chi connectivity index (χ3n) is 4.01. The van der Waals surface area contributed by atoms with Crippen LogP contribution in [0.25, 0.3) is 0 Å². The lowest BCUT2D eigenvalue weighted by molar-refractivity contribution is -0.146. The van der Waals surface area contributed by atoms with Gasteiger partial charge in [-0.25, -0.2) is 0 Å². The minimum absolute atomic E-state index is 0.0729. The Morgan fingerprint density at radius 1 is 1.21 bits per heavy atom. The maximum Gasteiger partial charge on any atom is 0.325 e. The van der Waals surface area contributed by atoms with Crippen LogP contribution in [0.2, 0.25) is 0 Å². The number of hydrogen-bond donors (Lipinski definition) is 0. The van der Waals surface area contributed by atoms with Gasteiger partial charge in [0.1, 0.15) is 6.54 Å². The first kappa shape index (κ1) is 16.0. The lowest BCUT2D eigenvalue weighted by atomic mass is 9.86. The molecule has 4 nitrogen and oxygen atoms in total. The van der Waals surface area contributed by atoms with Crippen molar-refractivity contribution in [2.75, 3.05) is 20.2 Å². The highest BCUT2D eigenvalue weighted by atomic mass is 16.5. The average Bonchev–Trinajstić information content (AvgIpc) is 2.45. The molecule has 0 aliphatic heterocycles. The molecule has 0 unspecified atom stereocenters. The molecule has 110 valence electrons. The van der Waals surface area contributed by atoms with Gasteiger partial charge in [0.25, 0.3) is 0 Å². The average molecular weight is 269 g/mol. The molecule has 1 aliphatic rings. The highest BCUT2D eigenvalue weighted by Crippen LogP contribution is 2.27. The Bertz CT molecular complexity index is 285. The van der Waals surface area contributed by atoms with Crippen LogP contribution in [-0.2, 0) is 14.3 Å². The van der Waals surface area contributed by atoms with Crippen molar-refractivity contribution in [2.45, 2.75) is 58.3 Å². The van der Waals surface area contributed by atoms with E-state index in [0.29, 0.717) is 13.0 Å². The van der Waals surface area contributed by atoms with Gasteiger partial charge >= 0.3 is 5.97 Å². The molecule has 1 fully saturated rings.